The molecule has 2 N–H and O–H groups in total. The number of hydrogen-bond acceptors (Lipinski definition) is 5. The van der Waals surface area contributed by atoms with E-state index in [0.717, 1.165) is 24.3 Å². The van der Waals surface area contributed by atoms with Crippen molar-refractivity contribution in [1.29, 1.82) is 0 Å². The number of carbonyl (C=O) groups is 2. The van der Waals surface area contributed by atoms with Gasteiger partial charge < -0.3 is 15.5 Å². The molecule has 4 rings (SSSR count). The third-order valence-electron chi connectivity index (χ3n) is 5.78. The Morgan fingerprint density at radius 2 is 1.53 bits per heavy atom. The summed E-state index contributed by atoms with van der Waals surface area (Å²) in [6, 6.07) is 15.2. The molecule has 1 saturated heterocycles. The van der Waals surface area contributed by atoms with E-state index in [1.165, 1.54) is 36.4 Å². The molecule has 9 heteroatoms. The highest BCUT2D eigenvalue weighted by Gasteiger charge is 2.27. The fraction of sp³-hybridized carbons (Fsp3) is 0.240. The summed E-state index contributed by atoms with van der Waals surface area (Å²) in [6.45, 7) is 3.13. The number of halogens is 2. The predicted octanol–water partition coefficient (Wildman–Crippen LogP) is 2.98. The zero-order valence-electron chi connectivity index (χ0n) is 18.5. The minimum absolute atomic E-state index is 0.174. The number of hydrogen-bond donors (Lipinski definition) is 2. The number of aromatic nitrogens is 1. The van der Waals surface area contributed by atoms with Gasteiger partial charge in [0.05, 0.1) is 6.04 Å². The van der Waals surface area contributed by atoms with Gasteiger partial charge in [0.25, 0.3) is 0 Å². The number of piperazine rings is 1. The molecule has 1 aliphatic heterocycles. The molecule has 0 spiro atoms. The van der Waals surface area contributed by atoms with E-state index in [1.54, 1.807) is 24.5 Å². The predicted molar refractivity (Wildman–Crippen MR) is 125 cm³/mol. The SMILES string of the molecule is O=C(NCC(c1cccnc1)N1CCN(c2ccc(F)cc2)CC1)C(=O)Nc1ccc(F)cc1. The summed E-state index contributed by atoms with van der Waals surface area (Å²) in [6.07, 6.45) is 3.43. The molecule has 2 aromatic carbocycles. The molecular weight excluding hydrogens is 440 g/mol. The first-order valence-corrected chi connectivity index (χ1v) is 11.0. The van der Waals surface area contributed by atoms with Crippen LogP contribution in [0.4, 0.5) is 20.2 Å². The van der Waals surface area contributed by atoms with Crippen LogP contribution in [0.5, 0.6) is 0 Å². The summed E-state index contributed by atoms with van der Waals surface area (Å²) in [7, 11) is 0. The van der Waals surface area contributed by atoms with Gasteiger partial charge >= 0.3 is 11.8 Å². The van der Waals surface area contributed by atoms with E-state index < -0.39 is 17.6 Å². The van der Waals surface area contributed by atoms with Gasteiger partial charge in [-0.15, -0.1) is 0 Å². The summed E-state index contributed by atoms with van der Waals surface area (Å²) in [5, 5.41) is 5.17. The normalized spacial score (nSPS) is 14.9. The van der Waals surface area contributed by atoms with Crippen molar-refractivity contribution in [2.24, 2.45) is 0 Å². The molecule has 2 amide bonds. The number of pyridine rings is 1. The Bertz CT molecular complexity index is 1100. The van der Waals surface area contributed by atoms with Crippen molar-refractivity contribution < 1.29 is 18.4 Å². The van der Waals surface area contributed by atoms with Crippen molar-refractivity contribution in [3.05, 3.63) is 90.3 Å². The summed E-state index contributed by atoms with van der Waals surface area (Å²) in [5.41, 5.74) is 2.23. The second kappa shape index (κ2) is 10.8. The van der Waals surface area contributed by atoms with Gasteiger partial charge in [-0.2, -0.15) is 0 Å². The molecule has 2 heterocycles. The van der Waals surface area contributed by atoms with Crippen LogP contribution in [0.2, 0.25) is 0 Å². The van der Waals surface area contributed by atoms with Crippen LogP contribution < -0.4 is 15.5 Å². The number of nitrogens with one attached hydrogen (secondary N) is 2. The lowest BCUT2D eigenvalue weighted by molar-refractivity contribution is -0.136. The van der Waals surface area contributed by atoms with Crippen molar-refractivity contribution in [3.8, 4) is 0 Å². The van der Waals surface area contributed by atoms with Gasteiger partial charge in [0.2, 0.25) is 0 Å². The Hall–Kier alpha value is -3.85. The molecule has 0 radical (unpaired) electrons. The maximum atomic E-state index is 13.2. The largest absolute Gasteiger partial charge is 0.369 e. The smallest absolute Gasteiger partial charge is 0.313 e. The van der Waals surface area contributed by atoms with Gasteiger partial charge in [-0.1, -0.05) is 6.07 Å². The molecule has 0 saturated carbocycles. The number of amides is 2. The third kappa shape index (κ3) is 5.93. The van der Waals surface area contributed by atoms with Crippen LogP contribution >= 0.6 is 0 Å². The first-order chi connectivity index (χ1) is 16.5. The van der Waals surface area contributed by atoms with Crippen molar-refractivity contribution in [2.75, 3.05) is 42.9 Å². The van der Waals surface area contributed by atoms with Crippen molar-refractivity contribution in [2.45, 2.75) is 6.04 Å². The van der Waals surface area contributed by atoms with Crippen LogP contribution in [-0.4, -0.2) is 54.4 Å². The number of rotatable bonds is 6. The number of anilines is 2. The molecule has 7 nitrogen and oxygen atoms in total. The highest BCUT2D eigenvalue weighted by molar-refractivity contribution is 6.39. The quantitative estimate of drug-likeness (QED) is 0.548. The van der Waals surface area contributed by atoms with E-state index in [9.17, 15) is 18.4 Å². The molecular formula is C25H25F2N5O2. The van der Waals surface area contributed by atoms with Gasteiger partial charge in [-0.05, 0) is 60.2 Å². The van der Waals surface area contributed by atoms with Crippen LogP contribution in [0, 0.1) is 11.6 Å². The maximum absolute atomic E-state index is 13.2. The molecule has 0 aliphatic carbocycles. The Labute approximate surface area is 196 Å². The molecule has 1 aliphatic rings. The number of nitrogens with zero attached hydrogens (tertiary/aromatic N) is 3. The molecule has 1 atom stereocenters. The molecule has 176 valence electrons. The van der Waals surface area contributed by atoms with Crippen LogP contribution in [-0.2, 0) is 9.59 Å². The zero-order chi connectivity index (χ0) is 23.9. The lowest BCUT2D eigenvalue weighted by atomic mass is 10.1. The molecule has 3 aromatic rings. The Morgan fingerprint density at radius 3 is 2.15 bits per heavy atom. The van der Waals surface area contributed by atoms with Gasteiger partial charge in [-0.3, -0.25) is 19.5 Å². The molecule has 1 fully saturated rings. The summed E-state index contributed by atoms with van der Waals surface area (Å²) < 4.78 is 26.3. The molecule has 1 aromatic heterocycles. The Balaban J connectivity index is 1.38. The van der Waals surface area contributed by atoms with E-state index in [0.29, 0.717) is 18.8 Å². The fourth-order valence-corrected chi connectivity index (χ4v) is 3.97. The van der Waals surface area contributed by atoms with Crippen molar-refractivity contribution in [3.63, 3.8) is 0 Å². The van der Waals surface area contributed by atoms with E-state index >= 15 is 0 Å². The molecule has 1 unspecified atom stereocenters. The molecule has 0 bridgehead atoms. The lowest BCUT2D eigenvalue weighted by Crippen LogP contribution is -2.50. The van der Waals surface area contributed by atoms with E-state index in [-0.39, 0.29) is 18.4 Å². The van der Waals surface area contributed by atoms with Gasteiger partial charge in [0, 0.05) is 56.5 Å². The van der Waals surface area contributed by atoms with Crippen LogP contribution in [0.3, 0.4) is 0 Å². The Morgan fingerprint density at radius 1 is 0.882 bits per heavy atom. The van der Waals surface area contributed by atoms with Crippen LogP contribution in [0.1, 0.15) is 11.6 Å². The first kappa shape index (κ1) is 23.3. The summed E-state index contributed by atoms with van der Waals surface area (Å²) in [5.74, 6) is -2.29. The Kier molecular flexibility index (Phi) is 7.44. The van der Waals surface area contributed by atoms with Crippen molar-refractivity contribution >= 4 is 23.2 Å². The van der Waals surface area contributed by atoms with E-state index in [2.05, 4.69) is 25.4 Å². The maximum Gasteiger partial charge on any atom is 0.313 e. The number of benzene rings is 2. The first-order valence-electron chi connectivity index (χ1n) is 11.0. The minimum Gasteiger partial charge on any atom is -0.369 e. The third-order valence-corrected chi connectivity index (χ3v) is 5.78. The monoisotopic (exact) mass is 465 g/mol. The summed E-state index contributed by atoms with van der Waals surface area (Å²) >= 11 is 0. The number of carbonyl (C=O) groups excluding carboxylic acids is 2. The second-order valence-electron chi connectivity index (χ2n) is 7.97. The second-order valence-corrected chi connectivity index (χ2v) is 7.97. The lowest BCUT2D eigenvalue weighted by Gasteiger charge is -2.40. The van der Waals surface area contributed by atoms with Gasteiger partial charge in [0.1, 0.15) is 11.6 Å². The molecule has 34 heavy (non-hydrogen) atoms. The zero-order valence-corrected chi connectivity index (χ0v) is 18.5. The van der Waals surface area contributed by atoms with E-state index in [1.807, 2.05) is 12.1 Å². The topological polar surface area (TPSA) is 77.6 Å². The highest BCUT2D eigenvalue weighted by Crippen LogP contribution is 2.24. The highest BCUT2D eigenvalue weighted by atomic mass is 19.1. The van der Waals surface area contributed by atoms with Crippen LogP contribution in [0.15, 0.2) is 73.1 Å². The van der Waals surface area contributed by atoms with Crippen LogP contribution in [0.25, 0.3) is 0 Å². The average Bonchev–Trinajstić information content (AvgIpc) is 2.87. The average molecular weight is 466 g/mol. The van der Waals surface area contributed by atoms with E-state index in [4.69, 9.17) is 0 Å². The standard InChI is InChI=1S/C25H25F2N5O2/c26-19-3-7-21(8-4-19)30-25(34)24(33)29-17-23(18-2-1-11-28-16-18)32-14-12-31(13-15-32)22-9-5-20(27)6-10-22/h1-11,16,23H,12-15,17H2,(H,29,33)(H,30,34). The minimum atomic E-state index is -0.822. The summed E-state index contributed by atoms with van der Waals surface area (Å²) in [4.78, 5) is 33.3. The van der Waals surface area contributed by atoms with Gasteiger partial charge in [0.15, 0.2) is 0 Å². The fourth-order valence-electron chi connectivity index (χ4n) is 3.97. The van der Waals surface area contributed by atoms with Crippen molar-refractivity contribution in [1.82, 2.24) is 15.2 Å². The van der Waals surface area contributed by atoms with Gasteiger partial charge in [-0.25, -0.2) is 8.78 Å².